The predicted molar refractivity (Wildman–Crippen MR) is 99.9 cm³/mol. The molecule has 158 valence electrons. The van der Waals surface area contributed by atoms with Gasteiger partial charge in [0.2, 0.25) is 11.9 Å². The minimum atomic E-state index is -4.51. The van der Waals surface area contributed by atoms with Gasteiger partial charge in [-0.25, -0.2) is 4.98 Å². The van der Waals surface area contributed by atoms with Gasteiger partial charge < -0.3 is 10.2 Å². The first-order chi connectivity index (χ1) is 13.3. The molecule has 1 N–H and O–H groups in total. The van der Waals surface area contributed by atoms with Gasteiger partial charge in [0.15, 0.2) is 5.69 Å². The maximum absolute atomic E-state index is 14.6. The highest BCUT2D eigenvalue weighted by atomic mass is 19.4. The number of halogens is 4. The number of nitrogens with zero attached hydrogens (tertiary/aromatic N) is 4. The molecule has 0 saturated carbocycles. The van der Waals surface area contributed by atoms with Gasteiger partial charge in [0.1, 0.15) is 5.82 Å². The van der Waals surface area contributed by atoms with Crippen molar-refractivity contribution >= 4 is 17.4 Å². The summed E-state index contributed by atoms with van der Waals surface area (Å²) in [6.07, 6.45) is -4.28. The maximum Gasteiger partial charge on any atom is 0.435 e. The van der Waals surface area contributed by atoms with Crippen LogP contribution in [-0.2, 0) is 24.1 Å². The second kappa shape index (κ2) is 7.31. The molecule has 0 fully saturated rings. The molecule has 3 heterocycles. The van der Waals surface area contributed by atoms with Crippen LogP contribution in [-0.4, -0.2) is 27.2 Å². The molecule has 0 saturated heterocycles. The van der Waals surface area contributed by atoms with Gasteiger partial charge in [-0.05, 0) is 30.0 Å². The lowest BCUT2D eigenvalue weighted by atomic mass is 9.92. The monoisotopic (exact) mass is 413 g/mol. The molecule has 2 aromatic heterocycles. The molecular formula is C19H23F4N5O. The van der Waals surface area contributed by atoms with Crippen LogP contribution in [0.5, 0.6) is 0 Å². The van der Waals surface area contributed by atoms with Gasteiger partial charge in [-0.3, -0.25) is 9.48 Å². The number of rotatable bonds is 3. The molecule has 0 unspecified atom stereocenters. The molecule has 1 amide bonds. The molecule has 0 radical (unpaired) electrons. The summed E-state index contributed by atoms with van der Waals surface area (Å²) in [4.78, 5) is 17.7. The third-order valence-corrected chi connectivity index (χ3v) is 4.53. The molecule has 29 heavy (non-hydrogen) atoms. The lowest BCUT2D eigenvalue weighted by molar-refractivity contribution is -0.141. The first-order valence-corrected chi connectivity index (χ1v) is 9.19. The second-order valence-corrected chi connectivity index (χ2v) is 8.41. The predicted octanol–water partition coefficient (Wildman–Crippen LogP) is 4.14. The molecule has 1 aliphatic heterocycles. The fraction of sp³-hybridized carbons (Fsp3) is 0.526. The van der Waals surface area contributed by atoms with Crippen molar-refractivity contribution < 1.29 is 22.4 Å². The van der Waals surface area contributed by atoms with E-state index < -0.39 is 17.8 Å². The highest BCUT2D eigenvalue weighted by molar-refractivity contribution is 5.92. The second-order valence-electron chi connectivity index (χ2n) is 8.41. The minimum Gasteiger partial charge on any atom is -0.349 e. The molecule has 1 aliphatic rings. The molecule has 3 rings (SSSR count). The fourth-order valence-electron chi connectivity index (χ4n) is 3.20. The van der Waals surface area contributed by atoms with Crippen molar-refractivity contribution in [2.75, 3.05) is 16.8 Å². The highest BCUT2D eigenvalue weighted by Crippen LogP contribution is 2.31. The summed E-state index contributed by atoms with van der Waals surface area (Å²) in [6, 6.07) is 2.61. The largest absolute Gasteiger partial charge is 0.435 e. The first-order valence-electron chi connectivity index (χ1n) is 9.19. The van der Waals surface area contributed by atoms with E-state index in [4.69, 9.17) is 0 Å². The van der Waals surface area contributed by atoms with Crippen LogP contribution in [0.15, 0.2) is 12.1 Å². The summed E-state index contributed by atoms with van der Waals surface area (Å²) in [5, 5.41) is 6.15. The molecule has 0 bridgehead atoms. The van der Waals surface area contributed by atoms with E-state index in [-0.39, 0.29) is 36.5 Å². The first kappa shape index (κ1) is 21.1. The molecular weight excluding hydrogens is 390 g/mol. The number of alkyl halides is 3. The maximum atomic E-state index is 14.6. The van der Waals surface area contributed by atoms with Crippen LogP contribution in [0.3, 0.4) is 0 Å². The Kier molecular flexibility index (Phi) is 5.31. The van der Waals surface area contributed by atoms with Crippen LogP contribution < -0.4 is 10.2 Å². The van der Waals surface area contributed by atoms with E-state index in [1.165, 1.54) is 4.68 Å². The van der Waals surface area contributed by atoms with Gasteiger partial charge >= 0.3 is 6.18 Å². The topological polar surface area (TPSA) is 63.1 Å². The highest BCUT2D eigenvalue weighted by Gasteiger charge is 2.36. The van der Waals surface area contributed by atoms with Crippen LogP contribution in [0, 0.1) is 18.3 Å². The summed E-state index contributed by atoms with van der Waals surface area (Å²) in [6.45, 7) is 8.07. The lowest BCUT2D eigenvalue weighted by Gasteiger charge is -2.29. The molecule has 0 aromatic carbocycles. The number of nitrogens with one attached hydrogen (secondary N) is 1. The normalized spacial score (nSPS) is 14.7. The van der Waals surface area contributed by atoms with Gasteiger partial charge in [-0.15, -0.1) is 0 Å². The van der Waals surface area contributed by atoms with E-state index in [0.717, 1.165) is 6.07 Å². The zero-order valence-electron chi connectivity index (χ0n) is 16.7. The minimum absolute atomic E-state index is 0.0180. The average Bonchev–Trinajstić information content (AvgIpc) is 3.00. The molecule has 0 spiro atoms. The van der Waals surface area contributed by atoms with Crippen molar-refractivity contribution in [3.8, 4) is 0 Å². The van der Waals surface area contributed by atoms with E-state index in [0.29, 0.717) is 23.6 Å². The molecule has 0 atom stereocenters. The Hall–Kier alpha value is -2.65. The number of carbonyl (C=O) groups is 1. The SMILES string of the molecule is Cc1cc(N2CCn3nc(C(F)(F)F)cc3C2)nc(F)c1NC(=O)CC(C)(C)C. The Morgan fingerprint density at radius 3 is 2.48 bits per heavy atom. The molecule has 10 heteroatoms. The number of hydrogen-bond donors (Lipinski definition) is 1. The summed E-state index contributed by atoms with van der Waals surface area (Å²) in [5.41, 5.74) is -0.296. The van der Waals surface area contributed by atoms with E-state index >= 15 is 0 Å². The Morgan fingerprint density at radius 2 is 1.90 bits per heavy atom. The third-order valence-electron chi connectivity index (χ3n) is 4.53. The Morgan fingerprint density at radius 1 is 1.21 bits per heavy atom. The quantitative estimate of drug-likeness (QED) is 0.607. The van der Waals surface area contributed by atoms with Crippen LogP contribution in [0.25, 0.3) is 0 Å². The smallest absolute Gasteiger partial charge is 0.349 e. The van der Waals surface area contributed by atoms with E-state index in [2.05, 4.69) is 15.4 Å². The summed E-state index contributed by atoms with van der Waals surface area (Å²) in [7, 11) is 0. The van der Waals surface area contributed by atoms with Crippen LogP contribution in [0.2, 0.25) is 0 Å². The molecule has 2 aromatic rings. The summed E-state index contributed by atoms with van der Waals surface area (Å²) < 4.78 is 54.5. The number of hydrogen-bond acceptors (Lipinski definition) is 4. The average molecular weight is 413 g/mol. The Bertz CT molecular complexity index is 907. The van der Waals surface area contributed by atoms with Crippen molar-refractivity contribution in [3.63, 3.8) is 0 Å². The van der Waals surface area contributed by atoms with E-state index in [1.807, 2.05) is 20.8 Å². The zero-order chi connectivity index (χ0) is 21.6. The number of aromatic nitrogens is 3. The Balaban J connectivity index is 1.79. The van der Waals surface area contributed by atoms with Gasteiger partial charge in [-0.2, -0.15) is 22.7 Å². The van der Waals surface area contributed by atoms with Crippen LogP contribution in [0.1, 0.15) is 44.1 Å². The van der Waals surface area contributed by atoms with Gasteiger partial charge in [0, 0.05) is 13.0 Å². The van der Waals surface area contributed by atoms with Gasteiger partial charge in [0.25, 0.3) is 0 Å². The van der Waals surface area contributed by atoms with Crippen molar-refractivity contribution in [3.05, 3.63) is 35.0 Å². The van der Waals surface area contributed by atoms with Crippen molar-refractivity contribution in [1.29, 1.82) is 0 Å². The number of fused-ring (bicyclic) bond motifs is 1. The summed E-state index contributed by atoms with van der Waals surface area (Å²) in [5.74, 6) is -0.831. The molecule has 6 nitrogen and oxygen atoms in total. The third kappa shape index (κ3) is 4.86. The van der Waals surface area contributed by atoms with Crippen molar-refractivity contribution in [2.45, 2.75) is 53.4 Å². The number of carbonyl (C=O) groups excluding carboxylic acids is 1. The number of pyridine rings is 1. The van der Waals surface area contributed by atoms with Gasteiger partial charge in [-0.1, -0.05) is 20.8 Å². The van der Waals surface area contributed by atoms with E-state index in [1.54, 1.807) is 17.9 Å². The van der Waals surface area contributed by atoms with Crippen LogP contribution in [0.4, 0.5) is 29.1 Å². The van der Waals surface area contributed by atoms with Crippen LogP contribution >= 0.6 is 0 Å². The van der Waals surface area contributed by atoms with E-state index in [9.17, 15) is 22.4 Å². The zero-order valence-corrected chi connectivity index (χ0v) is 16.7. The standard InChI is InChI=1S/C19H23F4N5O/c1-11-7-14(24-17(20)16(11)25-15(29)9-18(2,3)4)27-5-6-28-12(10-27)8-13(26-28)19(21,22)23/h7-8H,5-6,9-10H2,1-4H3,(H,25,29). The Labute approximate surface area is 165 Å². The number of anilines is 2. The van der Waals surface area contributed by atoms with Crippen molar-refractivity contribution in [2.24, 2.45) is 5.41 Å². The lowest BCUT2D eigenvalue weighted by Crippen LogP contribution is -2.34. The number of amides is 1. The molecule has 0 aliphatic carbocycles. The fourth-order valence-corrected chi connectivity index (χ4v) is 3.20. The van der Waals surface area contributed by atoms with Crippen molar-refractivity contribution in [1.82, 2.24) is 14.8 Å². The number of aryl methyl sites for hydroxylation is 1. The summed E-state index contributed by atoms with van der Waals surface area (Å²) >= 11 is 0. The van der Waals surface area contributed by atoms with Gasteiger partial charge in [0.05, 0.1) is 24.5 Å².